The van der Waals surface area contributed by atoms with E-state index in [2.05, 4.69) is 20.8 Å². The third-order valence-electron chi connectivity index (χ3n) is 4.85. The first-order valence-corrected chi connectivity index (χ1v) is 10.6. The largest absolute Gasteiger partial charge is 0.378 e. The number of hydrogen-bond donors (Lipinski definition) is 1. The zero-order valence-electron chi connectivity index (χ0n) is 16.8. The van der Waals surface area contributed by atoms with Crippen LogP contribution in [0.25, 0.3) is 11.3 Å². The van der Waals surface area contributed by atoms with Gasteiger partial charge in [-0.2, -0.15) is 0 Å². The van der Waals surface area contributed by atoms with E-state index in [1.807, 2.05) is 38.1 Å². The van der Waals surface area contributed by atoms with Crippen molar-refractivity contribution in [2.45, 2.75) is 26.7 Å². The lowest BCUT2D eigenvalue weighted by molar-refractivity contribution is 0.102. The van der Waals surface area contributed by atoms with Crippen molar-refractivity contribution in [3.05, 3.63) is 46.7 Å². The molecule has 0 bridgehead atoms. The molecular weight excluding hydrogens is 388 g/mol. The molecule has 3 heterocycles. The van der Waals surface area contributed by atoms with E-state index in [9.17, 15) is 4.79 Å². The maximum Gasteiger partial charge on any atom is 0.261 e. The minimum absolute atomic E-state index is 0.0876. The van der Waals surface area contributed by atoms with Crippen LogP contribution in [-0.2, 0) is 4.74 Å². The highest BCUT2D eigenvalue weighted by molar-refractivity contribution is 7.14. The first kappa shape index (κ1) is 19.6. The maximum absolute atomic E-state index is 12.7. The van der Waals surface area contributed by atoms with Crippen LogP contribution in [0.5, 0.6) is 0 Å². The van der Waals surface area contributed by atoms with Crippen molar-refractivity contribution in [1.82, 2.24) is 10.1 Å². The summed E-state index contributed by atoms with van der Waals surface area (Å²) in [4.78, 5) is 19.7. The van der Waals surface area contributed by atoms with Crippen molar-refractivity contribution in [2.24, 2.45) is 0 Å². The van der Waals surface area contributed by atoms with Gasteiger partial charge in [-0.15, -0.1) is 11.3 Å². The van der Waals surface area contributed by atoms with Gasteiger partial charge < -0.3 is 19.5 Å². The highest BCUT2D eigenvalue weighted by Crippen LogP contribution is 2.29. The lowest BCUT2D eigenvalue weighted by atomic mass is 10.0. The molecule has 7 nitrogen and oxygen atoms in total. The first-order chi connectivity index (χ1) is 14.0. The van der Waals surface area contributed by atoms with Gasteiger partial charge in [-0.1, -0.05) is 31.1 Å². The maximum atomic E-state index is 12.7. The molecule has 4 rings (SSSR count). The number of hydrogen-bond acceptors (Lipinski definition) is 7. The number of aromatic nitrogens is 2. The van der Waals surface area contributed by atoms with Gasteiger partial charge in [0.25, 0.3) is 5.91 Å². The van der Waals surface area contributed by atoms with E-state index in [0.29, 0.717) is 17.0 Å². The molecule has 0 unspecified atom stereocenters. The van der Waals surface area contributed by atoms with Crippen LogP contribution < -0.4 is 10.2 Å². The van der Waals surface area contributed by atoms with Crippen LogP contribution >= 0.6 is 11.3 Å². The van der Waals surface area contributed by atoms with E-state index in [1.54, 1.807) is 18.3 Å². The van der Waals surface area contributed by atoms with Gasteiger partial charge in [-0.25, -0.2) is 4.98 Å². The summed E-state index contributed by atoms with van der Waals surface area (Å²) < 4.78 is 10.7. The van der Waals surface area contributed by atoms with Gasteiger partial charge >= 0.3 is 0 Å². The van der Waals surface area contributed by atoms with Gasteiger partial charge in [0.15, 0.2) is 10.9 Å². The highest BCUT2D eigenvalue weighted by Gasteiger charge is 2.22. The number of nitrogens with one attached hydrogen (secondary N) is 1. The molecule has 0 saturated carbocycles. The molecule has 2 aromatic heterocycles. The standard InChI is InChI=1S/C21H24N4O3S/c1-13(2)19-18(14(3)24-28-19)20(26)22-16-6-4-15(5-7-16)17-12-29-21(23-17)25-8-10-27-11-9-25/h4-7,12-13H,8-11H2,1-3H3,(H,22,26). The Balaban J connectivity index is 1.47. The number of carbonyl (C=O) groups excluding carboxylic acids is 1. The van der Waals surface area contributed by atoms with Gasteiger partial charge in [0, 0.05) is 35.6 Å². The van der Waals surface area contributed by atoms with Crippen LogP contribution in [0.2, 0.25) is 0 Å². The highest BCUT2D eigenvalue weighted by atomic mass is 32.1. The van der Waals surface area contributed by atoms with Gasteiger partial charge in [-0.05, 0) is 19.1 Å². The van der Waals surface area contributed by atoms with Gasteiger partial charge in [-0.3, -0.25) is 4.79 Å². The van der Waals surface area contributed by atoms with Crippen LogP contribution in [0.15, 0.2) is 34.2 Å². The topological polar surface area (TPSA) is 80.5 Å². The van der Waals surface area contributed by atoms with Gasteiger partial charge in [0.05, 0.1) is 24.6 Å². The Kier molecular flexibility index (Phi) is 5.64. The SMILES string of the molecule is Cc1noc(C(C)C)c1C(=O)Nc1ccc(-c2csc(N3CCOCC3)n2)cc1. The Hall–Kier alpha value is -2.71. The number of morpholine rings is 1. The fourth-order valence-corrected chi connectivity index (χ4v) is 4.16. The lowest BCUT2D eigenvalue weighted by Gasteiger charge is -2.26. The predicted octanol–water partition coefficient (Wildman–Crippen LogP) is 4.32. The molecule has 1 aromatic carbocycles. The minimum atomic E-state index is -0.205. The van der Waals surface area contributed by atoms with E-state index >= 15 is 0 Å². The van der Waals surface area contributed by atoms with Crippen molar-refractivity contribution in [3.8, 4) is 11.3 Å². The summed E-state index contributed by atoms with van der Waals surface area (Å²) in [6, 6.07) is 7.72. The molecule has 0 radical (unpaired) electrons. The Morgan fingerprint density at radius 1 is 1.21 bits per heavy atom. The monoisotopic (exact) mass is 412 g/mol. The molecule has 152 valence electrons. The van der Waals surface area contributed by atoms with E-state index in [4.69, 9.17) is 14.2 Å². The van der Waals surface area contributed by atoms with Crippen molar-refractivity contribution < 1.29 is 14.1 Å². The fourth-order valence-electron chi connectivity index (χ4n) is 3.27. The van der Waals surface area contributed by atoms with Crippen LogP contribution in [0.1, 0.15) is 41.6 Å². The summed E-state index contributed by atoms with van der Waals surface area (Å²) >= 11 is 1.64. The van der Waals surface area contributed by atoms with Crippen LogP contribution in [-0.4, -0.2) is 42.4 Å². The smallest absolute Gasteiger partial charge is 0.261 e. The van der Waals surface area contributed by atoms with E-state index in [1.165, 1.54) is 0 Å². The Morgan fingerprint density at radius 2 is 1.93 bits per heavy atom. The molecule has 1 aliphatic heterocycles. The molecule has 1 amide bonds. The van der Waals surface area contributed by atoms with Crippen molar-refractivity contribution in [3.63, 3.8) is 0 Å². The third-order valence-corrected chi connectivity index (χ3v) is 5.75. The number of benzene rings is 1. The predicted molar refractivity (Wildman–Crippen MR) is 114 cm³/mol. The number of amides is 1. The number of thiazole rings is 1. The van der Waals surface area contributed by atoms with Crippen LogP contribution in [0, 0.1) is 6.92 Å². The number of nitrogens with zero attached hydrogens (tertiary/aromatic N) is 3. The average Bonchev–Trinajstić information content (AvgIpc) is 3.36. The summed E-state index contributed by atoms with van der Waals surface area (Å²) in [7, 11) is 0. The molecule has 8 heteroatoms. The minimum Gasteiger partial charge on any atom is -0.378 e. The average molecular weight is 413 g/mol. The molecule has 0 spiro atoms. The molecule has 29 heavy (non-hydrogen) atoms. The number of aryl methyl sites for hydroxylation is 1. The lowest BCUT2D eigenvalue weighted by Crippen LogP contribution is -2.36. The fraction of sp³-hybridized carbons (Fsp3) is 0.381. The quantitative estimate of drug-likeness (QED) is 0.672. The Bertz CT molecular complexity index is 988. The zero-order valence-corrected chi connectivity index (χ0v) is 17.6. The third kappa shape index (κ3) is 4.18. The van der Waals surface area contributed by atoms with E-state index in [-0.39, 0.29) is 11.8 Å². The summed E-state index contributed by atoms with van der Waals surface area (Å²) in [5.41, 5.74) is 3.78. The first-order valence-electron chi connectivity index (χ1n) is 9.69. The zero-order chi connectivity index (χ0) is 20.4. The second kappa shape index (κ2) is 8.34. The summed E-state index contributed by atoms with van der Waals surface area (Å²) in [5.74, 6) is 0.489. The number of ether oxygens (including phenoxy) is 1. The summed E-state index contributed by atoms with van der Waals surface area (Å²) in [6.07, 6.45) is 0. The molecule has 1 saturated heterocycles. The van der Waals surface area contributed by atoms with Crippen molar-refractivity contribution in [1.29, 1.82) is 0 Å². The van der Waals surface area contributed by atoms with Gasteiger partial charge in [0.2, 0.25) is 0 Å². The second-order valence-corrected chi connectivity index (χ2v) is 8.14. The normalized spacial score (nSPS) is 14.4. The molecule has 1 fully saturated rings. The van der Waals surface area contributed by atoms with Crippen molar-refractivity contribution >= 4 is 28.1 Å². The second-order valence-electron chi connectivity index (χ2n) is 7.31. The summed E-state index contributed by atoms with van der Waals surface area (Å²) in [5, 5.41) is 9.96. The molecular formula is C21H24N4O3S. The van der Waals surface area contributed by atoms with Gasteiger partial charge in [0.1, 0.15) is 5.56 Å². The number of anilines is 2. The molecule has 1 aliphatic rings. The molecule has 3 aromatic rings. The van der Waals surface area contributed by atoms with Crippen LogP contribution in [0.4, 0.5) is 10.8 Å². The molecule has 0 atom stereocenters. The molecule has 0 aliphatic carbocycles. The summed E-state index contributed by atoms with van der Waals surface area (Å²) in [6.45, 7) is 8.97. The Labute approximate surface area is 173 Å². The number of carbonyl (C=O) groups is 1. The van der Waals surface area contributed by atoms with Crippen LogP contribution in [0.3, 0.4) is 0 Å². The number of rotatable bonds is 5. The van der Waals surface area contributed by atoms with E-state index in [0.717, 1.165) is 48.4 Å². The van der Waals surface area contributed by atoms with Crippen molar-refractivity contribution in [2.75, 3.05) is 36.5 Å². The van der Waals surface area contributed by atoms with E-state index < -0.39 is 0 Å². The Morgan fingerprint density at radius 3 is 2.62 bits per heavy atom. The molecule has 1 N–H and O–H groups in total.